The van der Waals surface area contributed by atoms with Gasteiger partial charge in [0, 0.05) is 5.56 Å². The lowest BCUT2D eigenvalue weighted by Gasteiger charge is -2.07. The molecule has 8 nitrogen and oxygen atoms in total. The Balaban J connectivity index is 1.87. The summed E-state index contributed by atoms with van der Waals surface area (Å²) in [5.41, 5.74) is 6.48. The third-order valence-corrected chi connectivity index (χ3v) is 2.47. The van der Waals surface area contributed by atoms with Crippen LogP contribution in [0.5, 0.6) is 5.75 Å². The van der Waals surface area contributed by atoms with E-state index in [9.17, 15) is 4.79 Å². The highest BCUT2D eigenvalue weighted by Crippen LogP contribution is 2.12. The Kier molecular flexibility index (Phi) is 4.65. The maximum Gasteiger partial charge on any atom is 0.262 e. The summed E-state index contributed by atoms with van der Waals surface area (Å²) in [5.74, 6) is 0.164. The number of nitrogens with zero attached hydrogens (tertiary/aromatic N) is 3. The van der Waals surface area contributed by atoms with Crippen LogP contribution in [0.25, 0.3) is 0 Å². The summed E-state index contributed by atoms with van der Waals surface area (Å²) in [7, 11) is 0. The molecule has 0 radical (unpaired) electrons. The molecule has 8 heteroatoms. The molecule has 0 spiro atoms. The third-order valence-electron chi connectivity index (χ3n) is 2.47. The van der Waals surface area contributed by atoms with Crippen molar-refractivity contribution >= 4 is 17.4 Å². The zero-order chi connectivity index (χ0) is 15.1. The summed E-state index contributed by atoms with van der Waals surface area (Å²) < 4.78 is 5.31. The van der Waals surface area contributed by atoms with Gasteiger partial charge in [-0.1, -0.05) is 5.16 Å². The molecule has 0 aliphatic heterocycles. The number of carbonyl (C=O) groups is 1. The molecular weight excluding hydrogens is 274 g/mol. The molecule has 1 aromatic heterocycles. The van der Waals surface area contributed by atoms with Gasteiger partial charge >= 0.3 is 0 Å². The molecule has 4 N–H and O–H groups in total. The van der Waals surface area contributed by atoms with E-state index in [1.165, 1.54) is 18.7 Å². The van der Waals surface area contributed by atoms with Gasteiger partial charge in [-0.15, -0.1) is 0 Å². The molecule has 0 saturated heterocycles. The first-order valence-electron chi connectivity index (χ1n) is 5.94. The fourth-order valence-electron chi connectivity index (χ4n) is 1.49. The van der Waals surface area contributed by atoms with Crippen LogP contribution in [0.15, 0.2) is 48.1 Å². The van der Waals surface area contributed by atoms with Crippen molar-refractivity contribution in [2.75, 3.05) is 11.9 Å². The van der Waals surface area contributed by atoms with E-state index in [1.54, 1.807) is 24.3 Å². The summed E-state index contributed by atoms with van der Waals surface area (Å²) in [6.07, 6.45) is 4.34. The number of hydrogen-bond donors (Lipinski definition) is 3. The SMILES string of the molecule is N/C(=N/O)c1ccc(OCC(=O)Nc2cncnc2)cc1. The average Bonchev–Trinajstić information content (AvgIpc) is 2.53. The Morgan fingerprint density at radius 1 is 1.29 bits per heavy atom. The highest BCUT2D eigenvalue weighted by atomic mass is 16.5. The molecule has 108 valence electrons. The van der Waals surface area contributed by atoms with E-state index in [2.05, 4.69) is 20.4 Å². The van der Waals surface area contributed by atoms with Gasteiger partial charge in [-0.3, -0.25) is 4.79 Å². The molecule has 0 bridgehead atoms. The summed E-state index contributed by atoms with van der Waals surface area (Å²) in [6, 6.07) is 6.47. The number of hydrogen-bond acceptors (Lipinski definition) is 6. The van der Waals surface area contributed by atoms with Crippen molar-refractivity contribution in [2.24, 2.45) is 10.9 Å². The van der Waals surface area contributed by atoms with Crippen molar-refractivity contribution in [2.45, 2.75) is 0 Å². The van der Waals surface area contributed by atoms with Crippen LogP contribution in [-0.2, 0) is 4.79 Å². The number of nitrogens with one attached hydrogen (secondary N) is 1. The largest absolute Gasteiger partial charge is 0.484 e. The van der Waals surface area contributed by atoms with Gasteiger partial charge in [0.1, 0.15) is 12.1 Å². The maximum atomic E-state index is 11.6. The molecule has 1 amide bonds. The van der Waals surface area contributed by atoms with Crippen molar-refractivity contribution < 1.29 is 14.7 Å². The predicted molar refractivity (Wildman–Crippen MR) is 75.1 cm³/mol. The van der Waals surface area contributed by atoms with E-state index in [0.717, 1.165) is 0 Å². The minimum atomic E-state index is -0.328. The minimum absolute atomic E-state index is 0.00312. The Labute approximate surface area is 120 Å². The molecule has 21 heavy (non-hydrogen) atoms. The van der Waals surface area contributed by atoms with E-state index >= 15 is 0 Å². The number of benzene rings is 1. The Bertz CT molecular complexity index is 628. The molecule has 0 aliphatic rings. The number of aromatic nitrogens is 2. The Hall–Kier alpha value is -3.16. The summed E-state index contributed by atoms with van der Waals surface area (Å²) in [6.45, 7) is -0.155. The third kappa shape index (κ3) is 4.16. The number of amides is 1. The van der Waals surface area contributed by atoms with Crippen LogP contribution in [0.4, 0.5) is 5.69 Å². The number of amidine groups is 1. The standard InChI is InChI=1S/C13H13N5O3/c14-13(18-20)9-1-3-11(4-2-9)21-7-12(19)17-10-5-15-8-16-6-10/h1-6,8,20H,7H2,(H2,14,18)(H,17,19). The van der Waals surface area contributed by atoms with Gasteiger partial charge in [0.2, 0.25) is 0 Å². The number of nitrogens with two attached hydrogens (primary N) is 1. The van der Waals surface area contributed by atoms with Crippen molar-refractivity contribution in [1.82, 2.24) is 9.97 Å². The zero-order valence-corrected chi connectivity index (χ0v) is 10.9. The minimum Gasteiger partial charge on any atom is -0.484 e. The van der Waals surface area contributed by atoms with Crippen molar-refractivity contribution in [3.63, 3.8) is 0 Å². The molecule has 0 atom stereocenters. The maximum absolute atomic E-state index is 11.6. The van der Waals surface area contributed by atoms with Crippen molar-refractivity contribution in [3.05, 3.63) is 48.5 Å². The number of oxime groups is 1. The van der Waals surface area contributed by atoms with E-state index in [1.807, 2.05) is 0 Å². The van der Waals surface area contributed by atoms with E-state index < -0.39 is 0 Å². The van der Waals surface area contributed by atoms with Gasteiger partial charge in [0.05, 0.1) is 18.1 Å². The number of rotatable bonds is 5. The summed E-state index contributed by atoms with van der Waals surface area (Å²) in [5, 5.41) is 14.0. The lowest BCUT2D eigenvalue weighted by atomic mass is 10.2. The van der Waals surface area contributed by atoms with Crippen LogP contribution < -0.4 is 15.8 Å². The number of carbonyl (C=O) groups excluding carboxylic acids is 1. The second-order valence-corrected chi connectivity index (χ2v) is 3.97. The first kappa shape index (κ1) is 14.3. The second-order valence-electron chi connectivity index (χ2n) is 3.97. The molecule has 2 aromatic rings. The molecule has 0 aliphatic carbocycles. The molecule has 0 fully saturated rings. The van der Waals surface area contributed by atoms with Crippen molar-refractivity contribution in [3.8, 4) is 5.75 Å². The van der Waals surface area contributed by atoms with E-state index in [0.29, 0.717) is 17.0 Å². The average molecular weight is 287 g/mol. The molecule has 1 heterocycles. The number of ether oxygens (including phenoxy) is 1. The van der Waals surface area contributed by atoms with Crippen LogP contribution in [-0.4, -0.2) is 33.5 Å². The van der Waals surface area contributed by atoms with E-state index in [4.69, 9.17) is 15.7 Å². The zero-order valence-electron chi connectivity index (χ0n) is 10.9. The van der Waals surface area contributed by atoms with Gasteiger partial charge < -0.3 is 21.0 Å². The normalized spacial score (nSPS) is 11.0. The van der Waals surface area contributed by atoms with Gasteiger partial charge in [-0.05, 0) is 24.3 Å². The molecule has 0 saturated carbocycles. The summed E-state index contributed by atoms with van der Waals surface area (Å²) in [4.78, 5) is 19.2. The quantitative estimate of drug-likeness (QED) is 0.320. The summed E-state index contributed by atoms with van der Waals surface area (Å²) >= 11 is 0. The van der Waals surface area contributed by atoms with Gasteiger partial charge in [-0.25, -0.2) is 9.97 Å². The van der Waals surface area contributed by atoms with Gasteiger partial charge in [0.25, 0.3) is 5.91 Å². The lowest BCUT2D eigenvalue weighted by molar-refractivity contribution is -0.118. The highest BCUT2D eigenvalue weighted by Gasteiger charge is 2.05. The molecule has 2 rings (SSSR count). The van der Waals surface area contributed by atoms with Crippen LogP contribution in [0.2, 0.25) is 0 Å². The Morgan fingerprint density at radius 3 is 2.57 bits per heavy atom. The number of anilines is 1. The van der Waals surface area contributed by atoms with Crippen molar-refractivity contribution in [1.29, 1.82) is 0 Å². The topological polar surface area (TPSA) is 123 Å². The van der Waals surface area contributed by atoms with Crippen LogP contribution in [0, 0.1) is 0 Å². The first-order chi connectivity index (χ1) is 10.2. The van der Waals surface area contributed by atoms with Crippen LogP contribution >= 0.6 is 0 Å². The smallest absolute Gasteiger partial charge is 0.262 e. The predicted octanol–water partition coefficient (Wildman–Crippen LogP) is 0.589. The highest BCUT2D eigenvalue weighted by molar-refractivity contribution is 5.97. The first-order valence-corrected chi connectivity index (χ1v) is 5.94. The van der Waals surface area contributed by atoms with Gasteiger partial charge in [0.15, 0.2) is 12.4 Å². The van der Waals surface area contributed by atoms with Crippen LogP contribution in [0.1, 0.15) is 5.56 Å². The lowest BCUT2D eigenvalue weighted by Crippen LogP contribution is -2.20. The van der Waals surface area contributed by atoms with Crippen LogP contribution in [0.3, 0.4) is 0 Å². The van der Waals surface area contributed by atoms with E-state index in [-0.39, 0.29) is 18.3 Å². The fraction of sp³-hybridized carbons (Fsp3) is 0.0769. The molecular formula is C13H13N5O3. The van der Waals surface area contributed by atoms with Gasteiger partial charge in [-0.2, -0.15) is 0 Å². The molecule has 1 aromatic carbocycles. The monoisotopic (exact) mass is 287 g/mol. The molecule has 0 unspecified atom stereocenters. The fourth-order valence-corrected chi connectivity index (χ4v) is 1.49. The Morgan fingerprint density at radius 2 is 1.95 bits per heavy atom. The second kappa shape index (κ2) is 6.85.